The Morgan fingerprint density at radius 1 is 1.11 bits per heavy atom. The van der Waals surface area contributed by atoms with Gasteiger partial charge in [0.05, 0.1) is 7.11 Å². The number of hydrogen-bond donors (Lipinski definition) is 4. The summed E-state index contributed by atoms with van der Waals surface area (Å²) in [5.74, 6) is -2.20. The van der Waals surface area contributed by atoms with E-state index in [1.54, 1.807) is 6.92 Å². The number of methoxy groups -OCH3 is 1. The third-order valence-corrected chi connectivity index (χ3v) is 6.29. The highest BCUT2D eigenvalue weighted by atomic mass is 32.1. The van der Waals surface area contributed by atoms with E-state index in [4.69, 9.17) is 0 Å². The summed E-state index contributed by atoms with van der Waals surface area (Å²) in [6.07, 6.45) is 0. The van der Waals surface area contributed by atoms with Crippen LogP contribution in [0.4, 0.5) is 5.13 Å². The Kier molecular flexibility index (Phi) is 6.69. The molecular weight excluding hydrogens is 472 g/mol. The number of benzene rings is 2. The largest absolute Gasteiger partial charge is 0.508 e. The lowest BCUT2D eigenvalue weighted by Crippen LogP contribution is -2.35. The summed E-state index contributed by atoms with van der Waals surface area (Å²) < 4.78 is 5.64. The molecular formula is C24H22N4O6S. The second-order valence-corrected chi connectivity index (χ2v) is 8.57. The maximum atomic E-state index is 13.5. The zero-order chi connectivity index (χ0) is 25.1. The molecule has 0 saturated heterocycles. The summed E-state index contributed by atoms with van der Waals surface area (Å²) in [7, 11) is 1.23. The minimum Gasteiger partial charge on any atom is -0.508 e. The molecule has 0 fully saturated rings. The molecule has 11 heteroatoms. The lowest BCUT2D eigenvalue weighted by atomic mass is 9.92. The number of carbonyl (C=O) groups is 2. The number of esters is 1. The van der Waals surface area contributed by atoms with Crippen molar-refractivity contribution >= 4 is 28.3 Å². The molecule has 2 heterocycles. The number of rotatable bonds is 7. The minimum absolute atomic E-state index is 0.0275. The minimum atomic E-state index is -1.17. The van der Waals surface area contributed by atoms with E-state index >= 15 is 0 Å². The molecule has 1 amide bonds. The van der Waals surface area contributed by atoms with E-state index in [0.717, 1.165) is 21.5 Å². The second kappa shape index (κ2) is 9.85. The normalized spacial score (nSPS) is 12.6. The molecule has 4 aromatic rings. The Bertz CT molecular complexity index is 1410. The number of carbonyl (C=O) groups excluding carboxylic acids is 2. The van der Waals surface area contributed by atoms with Gasteiger partial charge in [0.1, 0.15) is 17.5 Å². The van der Waals surface area contributed by atoms with Crippen LogP contribution >= 0.6 is 11.3 Å². The molecule has 0 unspecified atom stereocenters. The maximum absolute atomic E-state index is 13.5. The number of phenols is 1. The van der Waals surface area contributed by atoms with Gasteiger partial charge in [-0.1, -0.05) is 37.3 Å². The first-order valence-corrected chi connectivity index (χ1v) is 11.4. The van der Waals surface area contributed by atoms with Gasteiger partial charge in [-0.3, -0.25) is 4.79 Å². The van der Waals surface area contributed by atoms with Crippen LogP contribution < -0.4 is 11.0 Å². The molecule has 0 saturated carbocycles. The van der Waals surface area contributed by atoms with Gasteiger partial charge in [0, 0.05) is 16.9 Å². The lowest BCUT2D eigenvalue weighted by molar-refractivity contribution is -0.120. The topological polar surface area (TPSA) is 147 Å². The Hall–Kier alpha value is -4.38. The first-order chi connectivity index (χ1) is 16.8. The molecule has 0 spiro atoms. The number of hydrogen-bond acceptors (Lipinski definition) is 8. The highest BCUT2D eigenvalue weighted by Crippen LogP contribution is 2.35. The Morgan fingerprint density at radius 3 is 2.46 bits per heavy atom. The van der Waals surface area contributed by atoms with Crippen molar-refractivity contribution in [3.05, 3.63) is 81.7 Å². The quantitative estimate of drug-likeness (QED) is 0.288. The van der Waals surface area contributed by atoms with E-state index in [2.05, 4.69) is 20.0 Å². The van der Waals surface area contributed by atoms with Crippen molar-refractivity contribution in [3.63, 3.8) is 0 Å². The van der Waals surface area contributed by atoms with Crippen LogP contribution in [0.1, 0.15) is 34.9 Å². The van der Waals surface area contributed by atoms with Gasteiger partial charge >= 0.3 is 11.7 Å². The summed E-state index contributed by atoms with van der Waals surface area (Å²) in [4.78, 5) is 44.9. The van der Waals surface area contributed by atoms with Crippen molar-refractivity contribution in [2.75, 3.05) is 12.4 Å². The smallest absolute Gasteiger partial charge is 0.357 e. The molecule has 0 radical (unpaired) electrons. The van der Waals surface area contributed by atoms with Crippen molar-refractivity contribution < 1.29 is 24.5 Å². The van der Waals surface area contributed by atoms with Crippen molar-refractivity contribution in [1.82, 2.24) is 14.5 Å². The number of nitrogens with one attached hydrogen (secondary N) is 2. The van der Waals surface area contributed by atoms with Gasteiger partial charge in [0.2, 0.25) is 11.8 Å². The average molecular weight is 495 g/mol. The van der Waals surface area contributed by atoms with E-state index in [1.807, 2.05) is 30.3 Å². The van der Waals surface area contributed by atoms with Crippen LogP contribution in [0.3, 0.4) is 0 Å². The van der Waals surface area contributed by atoms with Gasteiger partial charge in [-0.25, -0.2) is 19.1 Å². The van der Waals surface area contributed by atoms with Crippen molar-refractivity contribution in [1.29, 1.82) is 0 Å². The fraction of sp³-hybridized carbons (Fsp3) is 0.167. The van der Waals surface area contributed by atoms with Crippen molar-refractivity contribution in [3.8, 4) is 22.9 Å². The number of amides is 1. The first kappa shape index (κ1) is 23.8. The predicted molar refractivity (Wildman–Crippen MR) is 130 cm³/mol. The molecule has 4 N–H and O–H groups in total. The van der Waals surface area contributed by atoms with E-state index < -0.39 is 35.4 Å². The molecule has 0 aliphatic rings. The number of H-pyrrole nitrogens is 1. The lowest BCUT2D eigenvalue weighted by Gasteiger charge is -2.24. The number of aromatic amines is 1. The standard InChI is InChI=1S/C24H22N4O6S/c1-13(14-6-4-3-5-7-14)19(20(30)27-23-25-17(12-35-23)22(32)34-2)28-21(31)18(26-24(28)33)15-8-10-16(29)11-9-15/h3-13,19,29,31H,1-2H3,(H,26,33)(H,25,27,30)/t13-,19-/m0/s1. The van der Waals surface area contributed by atoms with Crippen molar-refractivity contribution in [2.24, 2.45) is 0 Å². The van der Waals surface area contributed by atoms with Gasteiger partial charge in [0.15, 0.2) is 10.8 Å². The summed E-state index contributed by atoms with van der Waals surface area (Å²) in [6, 6.07) is 13.8. The molecule has 2 aromatic heterocycles. The number of thiazole rings is 1. The van der Waals surface area contributed by atoms with Crippen LogP contribution in [-0.2, 0) is 9.53 Å². The monoisotopic (exact) mass is 494 g/mol. The number of ether oxygens (including phenoxy) is 1. The van der Waals surface area contributed by atoms with Crippen LogP contribution in [-0.4, -0.2) is 43.7 Å². The zero-order valence-corrected chi connectivity index (χ0v) is 19.6. The Labute approximate surface area is 203 Å². The van der Waals surface area contributed by atoms with Crippen LogP contribution in [0.15, 0.2) is 64.8 Å². The SMILES string of the molecule is COC(=O)c1csc(NC(=O)[C@H]([C@@H](C)c2ccccc2)n2c(O)c(-c3ccc(O)cc3)[nH]c2=O)n1. The van der Waals surface area contributed by atoms with Gasteiger partial charge in [-0.2, -0.15) is 0 Å². The summed E-state index contributed by atoms with van der Waals surface area (Å²) in [5.41, 5.74) is 0.668. The number of aromatic nitrogens is 3. The van der Waals surface area contributed by atoms with Gasteiger partial charge in [0.25, 0.3) is 0 Å². The van der Waals surface area contributed by atoms with Gasteiger partial charge in [-0.05, 0) is 29.8 Å². The number of aromatic hydroxyl groups is 2. The highest BCUT2D eigenvalue weighted by Gasteiger charge is 2.33. The summed E-state index contributed by atoms with van der Waals surface area (Å²) in [5, 5.41) is 24.8. The molecule has 2 aromatic carbocycles. The molecule has 2 atom stereocenters. The predicted octanol–water partition coefficient (Wildman–Crippen LogP) is 3.48. The second-order valence-electron chi connectivity index (χ2n) is 7.71. The number of imidazole rings is 1. The molecule has 0 aliphatic carbocycles. The average Bonchev–Trinajstić information content (AvgIpc) is 3.44. The summed E-state index contributed by atoms with van der Waals surface area (Å²) in [6.45, 7) is 1.76. The molecule has 180 valence electrons. The molecule has 35 heavy (non-hydrogen) atoms. The van der Waals surface area contributed by atoms with Crippen LogP contribution in [0.2, 0.25) is 0 Å². The van der Waals surface area contributed by atoms with Crippen LogP contribution in [0.25, 0.3) is 11.3 Å². The number of anilines is 1. The fourth-order valence-corrected chi connectivity index (χ4v) is 4.43. The van der Waals surface area contributed by atoms with E-state index in [9.17, 15) is 24.6 Å². The Balaban J connectivity index is 1.76. The molecule has 10 nitrogen and oxygen atoms in total. The first-order valence-electron chi connectivity index (χ1n) is 10.5. The zero-order valence-electron chi connectivity index (χ0n) is 18.8. The van der Waals surface area contributed by atoms with Gasteiger partial charge < -0.3 is 25.3 Å². The molecule has 4 rings (SSSR count). The maximum Gasteiger partial charge on any atom is 0.357 e. The van der Waals surface area contributed by atoms with E-state index in [1.165, 1.54) is 36.8 Å². The molecule has 0 aliphatic heterocycles. The van der Waals surface area contributed by atoms with Gasteiger partial charge in [-0.15, -0.1) is 11.3 Å². The number of phenolic OH excluding ortho intramolecular Hbond substituents is 1. The Morgan fingerprint density at radius 2 is 1.80 bits per heavy atom. The van der Waals surface area contributed by atoms with Crippen LogP contribution in [0.5, 0.6) is 11.6 Å². The van der Waals surface area contributed by atoms with Crippen LogP contribution in [0, 0.1) is 0 Å². The van der Waals surface area contributed by atoms with Crippen molar-refractivity contribution in [2.45, 2.75) is 18.9 Å². The highest BCUT2D eigenvalue weighted by molar-refractivity contribution is 7.14. The van der Waals surface area contributed by atoms with E-state index in [0.29, 0.717) is 5.56 Å². The third kappa shape index (κ3) is 4.80. The summed E-state index contributed by atoms with van der Waals surface area (Å²) >= 11 is 1.03. The third-order valence-electron chi connectivity index (χ3n) is 5.53. The fourth-order valence-electron chi connectivity index (χ4n) is 3.74. The number of nitrogens with zero attached hydrogens (tertiary/aromatic N) is 2. The molecule has 0 bridgehead atoms. The van der Waals surface area contributed by atoms with E-state index in [-0.39, 0.29) is 22.3 Å².